The first-order valence-electron chi connectivity index (χ1n) is 8.15. The second kappa shape index (κ2) is 7.81. The molecule has 0 spiro atoms. The predicted octanol–water partition coefficient (Wildman–Crippen LogP) is 5.38. The van der Waals surface area contributed by atoms with Gasteiger partial charge in [0.2, 0.25) is 0 Å². The number of halogens is 2. The van der Waals surface area contributed by atoms with Gasteiger partial charge >= 0.3 is 0 Å². The van der Waals surface area contributed by atoms with Crippen LogP contribution in [-0.4, -0.2) is 34.2 Å². The van der Waals surface area contributed by atoms with E-state index in [-0.39, 0.29) is 11.8 Å². The highest BCUT2D eigenvalue weighted by molar-refractivity contribution is 7.79. The van der Waals surface area contributed by atoms with Crippen molar-refractivity contribution in [2.24, 2.45) is 0 Å². The minimum absolute atomic E-state index is 0.169. The number of fused-ring (bicyclic) bond motifs is 2. The minimum Gasteiger partial charge on any atom is -0.440 e. The third-order valence-electron chi connectivity index (χ3n) is 4.17. The Labute approximate surface area is 168 Å². The fourth-order valence-electron chi connectivity index (χ4n) is 2.86. The molecule has 0 aromatic heterocycles. The van der Waals surface area contributed by atoms with Crippen LogP contribution in [0.2, 0.25) is 0 Å². The largest absolute Gasteiger partial charge is 0.440 e. The monoisotopic (exact) mass is 442 g/mol. The van der Waals surface area contributed by atoms with E-state index in [0.717, 1.165) is 0 Å². The summed E-state index contributed by atoms with van der Waals surface area (Å²) in [7, 11) is -3.16. The van der Waals surface area contributed by atoms with Crippen molar-refractivity contribution < 1.29 is 18.6 Å². The Kier molecular flexibility index (Phi) is 5.43. The van der Waals surface area contributed by atoms with Crippen LogP contribution < -0.4 is 9.05 Å². The smallest absolute Gasteiger partial charge is 0.299 e. The normalized spacial score (nSPS) is 21.3. The molecule has 140 valence electrons. The Hall–Kier alpha value is -1.58. The van der Waals surface area contributed by atoms with Crippen molar-refractivity contribution in [1.82, 2.24) is 9.34 Å². The predicted molar refractivity (Wildman–Crippen MR) is 106 cm³/mol. The highest BCUT2D eigenvalue weighted by Gasteiger charge is 2.36. The van der Waals surface area contributed by atoms with E-state index in [1.165, 1.54) is 9.34 Å². The number of nitrogens with zero attached hydrogens (tertiary/aromatic N) is 2. The lowest BCUT2D eigenvalue weighted by Crippen LogP contribution is -2.35. The van der Waals surface area contributed by atoms with Crippen LogP contribution in [0.1, 0.15) is 27.1 Å². The second-order valence-electron chi connectivity index (χ2n) is 5.84. The van der Waals surface area contributed by atoms with Crippen molar-refractivity contribution in [3.63, 3.8) is 0 Å². The highest BCUT2D eigenvalue weighted by Crippen LogP contribution is 2.54. The molecule has 27 heavy (non-hydrogen) atoms. The van der Waals surface area contributed by atoms with Crippen molar-refractivity contribution in [2.75, 3.05) is 13.1 Å². The molecule has 2 aliphatic rings. The summed E-state index contributed by atoms with van der Waals surface area (Å²) in [6.45, 7) is 0.710. The van der Waals surface area contributed by atoms with E-state index in [4.69, 9.17) is 31.5 Å². The quantitative estimate of drug-likeness (QED) is 0.596. The molecule has 0 radical (unpaired) electrons. The standard InChI is InChI=1S/C17H14Cl2N2O4P2/c18-26-20(16(22)12-6-1-3-8-14(12)24-26)10-5-11-21-17(23)13-7-2-4-9-15(13)25-27(21)19/h1-4,6-9H,5,10-11H2. The first-order chi connectivity index (χ1) is 13.1. The molecule has 0 saturated heterocycles. The van der Waals surface area contributed by atoms with Gasteiger partial charge in [-0.3, -0.25) is 18.9 Å². The summed E-state index contributed by atoms with van der Waals surface area (Å²) < 4.78 is 14.3. The van der Waals surface area contributed by atoms with Gasteiger partial charge in [-0.15, -0.1) is 0 Å². The number of rotatable bonds is 4. The summed E-state index contributed by atoms with van der Waals surface area (Å²) in [6.07, 6.45) is 0.506. The Morgan fingerprint density at radius 1 is 0.741 bits per heavy atom. The SMILES string of the molecule is O=C1c2ccccc2OP(Cl)N1CCCN1C(=O)c2ccccc2OP1Cl. The summed E-state index contributed by atoms with van der Waals surface area (Å²) in [6, 6.07) is 14.0. The summed E-state index contributed by atoms with van der Waals surface area (Å²) in [5.41, 5.74) is 0.977. The highest BCUT2D eigenvalue weighted by atomic mass is 35.7. The van der Waals surface area contributed by atoms with Crippen molar-refractivity contribution in [3.8, 4) is 11.5 Å². The lowest BCUT2D eigenvalue weighted by molar-refractivity contribution is 0.0832. The summed E-state index contributed by atoms with van der Waals surface area (Å²) in [5.74, 6) is 0.663. The maximum Gasteiger partial charge on any atom is 0.299 e. The zero-order valence-corrected chi connectivity index (χ0v) is 17.2. The maximum atomic E-state index is 12.7. The van der Waals surface area contributed by atoms with Crippen LogP contribution >= 0.6 is 37.8 Å². The molecule has 2 atom stereocenters. The molecular weight excluding hydrogens is 429 g/mol. The van der Waals surface area contributed by atoms with Crippen LogP contribution in [0.5, 0.6) is 11.5 Å². The van der Waals surface area contributed by atoms with E-state index >= 15 is 0 Å². The van der Waals surface area contributed by atoms with Gasteiger partial charge in [-0.25, -0.2) is 0 Å². The average Bonchev–Trinajstić information content (AvgIpc) is 2.66. The molecule has 0 fully saturated rings. The number of amides is 2. The van der Waals surface area contributed by atoms with Crippen LogP contribution in [0.15, 0.2) is 48.5 Å². The van der Waals surface area contributed by atoms with Crippen molar-refractivity contribution in [3.05, 3.63) is 59.7 Å². The Morgan fingerprint density at radius 2 is 1.15 bits per heavy atom. The lowest BCUT2D eigenvalue weighted by Gasteiger charge is -2.34. The fraction of sp³-hybridized carbons (Fsp3) is 0.176. The van der Waals surface area contributed by atoms with Gasteiger partial charge in [0.15, 0.2) is 0 Å². The Bertz CT molecular complexity index is 829. The number of benzene rings is 2. The molecule has 0 N–H and O–H groups in total. The van der Waals surface area contributed by atoms with E-state index < -0.39 is 15.3 Å². The fourth-order valence-corrected chi connectivity index (χ4v) is 6.11. The number of para-hydroxylation sites is 2. The third-order valence-corrected chi connectivity index (χ3v) is 7.90. The van der Waals surface area contributed by atoms with Crippen LogP contribution in [0.25, 0.3) is 0 Å². The van der Waals surface area contributed by atoms with Crippen molar-refractivity contribution in [1.29, 1.82) is 0 Å². The van der Waals surface area contributed by atoms with Crippen molar-refractivity contribution >= 4 is 49.6 Å². The molecule has 2 heterocycles. The number of carbonyl (C=O) groups is 2. The lowest BCUT2D eigenvalue weighted by atomic mass is 10.2. The van der Waals surface area contributed by atoms with Crippen LogP contribution in [0, 0.1) is 0 Å². The molecule has 10 heteroatoms. The van der Waals surface area contributed by atoms with Gasteiger partial charge < -0.3 is 9.05 Å². The maximum absolute atomic E-state index is 12.7. The molecular formula is C17H14Cl2N2O4P2. The molecule has 2 aromatic rings. The number of hydrogen-bond acceptors (Lipinski definition) is 4. The molecule has 6 nitrogen and oxygen atoms in total. The molecule has 2 unspecified atom stereocenters. The number of hydrogen-bond donors (Lipinski definition) is 0. The second-order valence-corrected chi connectivity index (χ2v) is 9.81. The van der Waals surface area contributed by atoms with E-state index in [1.807, 2.05) is 0 Å². The average molecular weight is 443 g/mol. The third kappa shape index (κ3) is 3.60. The summed E-state index contributed by atoms with van der Waals surface area (Å²) >= 11 is 12.5. The molecule has 2 aromatic carbocycles. The first-order valence-corrected chi connectivity index (χ1v) is 12.4. The van der Waals surface area contributed by atoms with E-state index in [9.17, 15) is 9.59 Å². The molecule has 2 aliphatic heterocycles. The summed E-state index contributed by atoms with van der Waals surface area (Å²) in [4.78, 5) is 25.3. The van der Waals surface area contributed by atoms with E-state index in [0.29, 0.717) is 42.1 Å². The molecule has 2 amide bonds. The molecule has 4 rings (SSSR count). The first kappa shape index (κ1) is 18.8. The van der Waals surface area contributed by atoms with E-state index in [2.05, 4.69) is 0 Å². The van der Waals surface area contributed by atoms with Crippen LogP contribution in [-0.2, 0) is 0 Å². The Morgan fingerprint density at radius 3 is 1.59 bits per heavy atom. The molecule has 0 bridgehead atoms. The number of carbonyl (C=O) groups excluding carboxylic acids is 2. The Balaban J connectivity index is 1.42. The van der Waals surface area contributed by atoms with Gasteiger partial charge in [-0.05, 0) is 53.2 Å². The van der Waals surface area contributed by atoms with Gasteiger partial charge in [0.25, 0.3) is 27.1 Å². The molecule has 0 saturated carbocycles. The summed E-state index contributed by atoms with van der Waals surface area (Å²) in [5, 5.41) is 0. The molecule has 0 aliphatic carbocycles. The van der Waals surface area contributed by atoms with Crippen molar-refractivity contribution in [2.45, 2.75) is 6.42 Å². The van der Waals surface area contributed by atoms with Gasteiger partial charge in [0.1, 0.15) is 11.5 Å². The zero-order chi connectivity index (χ0) is 19.0. The minimum atomic E-state index is -1.58. The van der Waals surface area contributed by atoms with Crippen LogP contribution in [0.3, 0.4) is 0 Å². The van der Waals surface area contributed by atoms with Crippen LogP contribution in [0.4, 0.5) is 0 Å². The van der Waals surface area contributed by atoms with Gasteiger partial charge in [-0.1, -0.05) is 24.3 Å². The zero-order valence-electron chi connectivity index (χ0n) is 13.9. The van der Waals surface area contributed by atoms with E-state index in [1.54, 1.807) is 48.5 Å². The van der Waals surface area contributed by atoms with Gasteiger partial charge in [-0.2, -0.15) is 0 Å². The van der Waals surface area contributed by atoms with Gasteiger partial charge in [0, 0.05) is 13.1 Å². The topological polar surface area (TPSA) is 59.1 Å². The van der Waals surface area contributed by atoms with Gasteiger partial charge in [0.05, 0.1) is 11.1 Å².